The van der Waals surface area contributed by atoms with E-state index in [1.165, 1.54) is 68.1 Å². The molecule has 1 saturated heterocycles. The molecule has 0 bridgehead atoms. The third kappa shape index (κ3) is 6.46. The fourth-order valence-electron chi connectivity index (χ4n) is 14.9. The maximum atomic E-state index is 13.4. The monoisotopic (exact) mass is 811 g/mol. The van der Waals surface area contributed by atoms with E-state index in [4.69, 9.17) is 4.74 Å². The number of nitrogens with zero attached hydrogens (tertiary/aromatic N) is 2. The Morgan fingerprint density at radius 2 is 1.55 bits per heavy atom. The highest BCUT2D eigenvalue weighted by atomic mass is 32.2. The molecule has 0 unspecified atom stereocenters. The first-order valence-corrected chi connectivity index (χ1v) is 23.7. The van der Waals surface area contributed by atoms with Crippen LogP contribution in [0.25, 0.3) is 5.57 Å². The molecule has 0 amide bonds. The molecule has 9 atom stereocenters. The van der Waals surface area contributed by atoms with Crippen molar-refractivity contribution in [1.82, 2.24) is 14.5 Å². The average Bonchev–Trinajstić information content (AvgIpc) is 3.58. The highest BCUT2D eigenvalue weighted by molar-refractivity contribution is 7.89. The van der Waals surface area contributed by atoms with Gasteiger partial charge in [0.1, 0.15) is 5.75 Å². The van der Waals surface area contributed by atoms with Gasteiger partial charge < -0.3 is 15.2 Å². The lowest BCUT2D eigenvalue weighted by Gasteiger charge is -2.72. The molecule has 9 heteroatoms. The second kappa shape index (κ2) is 14.9. The van der Waals surface area contributed by atoms with Gasteiger partial charge in [0, 0.05) is 44.8 Å². The first-order valence-electron chi connectivity index (χ1n) is 22.2. The SMILES string of the molecule is C=C(C)[C@@H]1CC[C@]2(NCCN3CCN(S(=O)(=O)c4ccc(OC)cc4)CC3)CC[C@]3(C)[C@H](CC[C@@H]4[C@@]5(C)CC=C(c6ccc(C(=O)O)cc6)C(C)(C)[C@@H]5CC[C@]43C)[C@@H]12. The zero-order chi connectivity index (χ0) is 41.5. The van der Waals surface area contributed by atoms with E-state index < -0.39 is 16.0 Å². The molecule has 5 aliphatic carbocycles. The number of rotatable bonds is 10. The van der Waals surface area contributed by atoms with Crippen LogP contribution in [0.15, 0.2) is 71.7 Å². The summed E-state index contributed by atoms with van der Waals surface area (Å²) < 4.78 is 33.7. The van der Waals surface area contributed by atoms with Crippen LogP contribution in [0, 0.1) is 51.2 Å². The molecule has 2 aromatic carbocycles. The fraction of sp³-hybridized carbons (Fsp3) is 0.653. The predicted molar refractivity (Wildman–Crippen MR) is 232 cm³/mol. The molecule has 8 nitrogen and oxygen atoms in total. The van der Waals surface area contributed by atoms with Crippen LogP contribution in [0.4, 0.5) is 0 Å². The second-order valence-corrected chi connectivity index (χ2v) is 22.6. The first kappa shape index (κ1) is 41.7. The van der Waals surface area contributed by atoms with E-state index >= 15 is 0 Å². The Labute approximate surface area is 348 Å². The van der Waals surface area contributed by atoms with Gasteiger partial charge in [-0.2, -0.15) is 4.31 Å². The normalized spacial score (nSPS) is 37.4. The summed E-state index contributed by atoms with van der Waals surface area (Å²) in [6.07, 6.45) is 13.6. The number of methoxy groups -OCH3 is 1. The number of hydrogen-bond acceptors (Lipinski definition) is 6. The van der Waals surface area contributed by atoms with E-state index in [0.717, 1.165) is 32.6 Å². The van der Waals surface area contributed by atoms with Gasteiger partial charge in [0.05, 0.1) is 17.6 Å². The van der Waals surface area contributed by atoms with Crippen molar-refractivity contribution in [1.29, 1.82) is 0 Å². The number of nitrogens with one attached hydrogen (secondary N) is 1. The molecule has 1 heterocycles. The molecule has 0 aromatic heterocycles. The van der Waals surface area contributed by atoms with E-state index in [1.54, 1.807) is 47.8 Å². The fourth-order valence-corrected chi connectivity index (χ4v) is 16.3. The summed E-state index contributed by atoms with van der Waals surface area (Å²) in [4.78, 5) is 14.4. The molecule has 58 heavy (non-hydrogen) atoms. The van der Waals surface area contributed by atoms with Crippen molar-refractivity contribution >= 4 is 21.6 Å². The van der Waals surface area contributed by atoms with Crippen molar-refractivity contribution in [3.63, 3.8) is 0 Å². The number of carboxylic acid groups (broad SMARTS) is 1. The number of piperazine rings is 1. The highest BCUT2D eigenvalue weighted by Crippen LogP contribution is 2.76. The summed E-state index contributed by atoms with van der Waals surface area (Å²) in [6, 6.07) is 14.3. The highest BCUT2D eigenvalue weighted by Gasteiger charge is 2.70. The summed E-state index contributed by atoms with van der Waals surface area (Å²) in [5.74, 6) is 2.79. The lowest BCUT2D eigenvalue weighted by atomic mass is 9.33. The van der Waals surface area contributed by atoms with Crippen molar-refractivity contribution in [2.75, 3.05) is 46.4 Å². The van der Waals surface area contributed by atoms with E-state index in [-0.39, 0.29) is 27.2 Å². The van der Waals surface area contributed by atoms with Gasteiger partial charge in [0.2, 0.25) is 10.0 Å². The summed E-state index contributed by atoms with van der Waals surface area (Å²) in [7, 11) is -1.94. The van der Waals surface area contributed by atoms with Crippen LogP contribution in [0.5, 0.6) is 5.75 Å². The number of benzene rings is 2. The van der Waals surface area contributed by atoms with Gasteiger partial charge in [-0.3, -0.25) is 4.90 Å². The minimum absolute atomic E-state index is 0.00357. The number of sulfonamides is 1. The van der Waals surface area contributed by atoms with Crippen molar-refractivity contribution in [2.45, 2.75) is 110 Å². The van der Waals surface area contributed by atoms with E-state index in [2.05, 4.69) is 64.4 Å². The Balaban J connectivity index is 0.969. The van der Waals surface area contributed by atoms with Gasteiger partial charge in [-0.05, 0) is 163 Å². The minimum Gasteiger partial charge on any atom is -0.497 e. The molecule has 2 N–H and O–H groups in total. The number of hydrogen-bond donors (Lipinski definition) is 2. The Bertz CT molecular complexity index is 2040. The molecule has 0 radical (unpaired) electrons. The van der Waals surface area contributed by atoms with Crippen LogP contribution in [0.3, 0.4) is 0 Å². The Morgan fingerprint density at radius 1 is 0.862 bits per heavy atom. The lowest BCUT2D eigenvalue weighted by molar-refractivity contribution is -0.219. The quantitative estimate of drug-likeness (QED) is 0.231. The number of carbonyl (C=O) groups is 1. The van der Waals surface area contributed by atoms with Crippen molar-refractivity contribution in [2.24, 2.45) is 51.2 Å². The van der Waals surface area contributed by atoms with Crippen molar-refractivity contribution in [3.8, 4) is 5.75 Å². The maximum absolute atomic E-state index is 13.4. The third-order valence-electron chi connectivity index (χ3n) is 18.0. The zero-order valence-corrected chi connectivity index (χ0v) is 37.1. The first-order chi connectivity index (χ1) is 27.4. The Morgan fingerprint density at radius 3 is 2.19 bits per heavy atom. The molecule has 0 spiro atoms. The predicted octanol–water partition coefficient (Wildman–Crippen LogP) is 9.39. The lowest BCUT2D eigenvalue weighted by Crippen LogP contribution is -2.68. The van der Waals surface area contributed by atoms with Crippen LogP contribution in [-0.4, -0.2) is 80.6 Å². The molecular weight excluding hydrogens is 743 g/mol. The summed E-state index contributed by atoms with van der Waals surface area (Å²) in [5.41, 5.74) is 5.11. The molecule has 1 aliphatic heterocycles. The summed E-state index contributed by atoms with van der Waals surface area (Å²) in [6.45, 7) is 24.3. The number of aromatic carboxylic acids is 1. The summed E-state index contributed by atoms with van der Waals surface area (Å²) >= 11 is 0. The van der Waals surface area contributed by atoms with Gasteiger partial charge in [-0.15, -0.1) is 0 Å². The molecule has 5 fully saturated rings. The van der Waals surface area contributed by atoms with E-state index in [9.17, 15) is 18.3 Å². The van der Waals surface area contributed by atoms with Gasteiger partial charge in [0.25, 0.3) is 0 Å². The van der Waals surface area contributed by atoms with Gasteiger partial charge >= 0.3 is 5.97 Å². The van der Waals surface area contributed by atoms with Crippen molar-refractivity contribution in [3.05, 3.63) is 77.9 Å². The van der Waals surface area contributed by atoms with E-state index in [0.29, 0.717) is 58.9 Å². The Kier molecular flexibility index (Phi) is 10.7. The van der Waals surface area contributed by atoms with Gasteiger partial charge in [0.15, 0.2) is 0 Å². The minimum atomic E-state index is -3.53. The Hall–Kier alpha value is -2.98. The summed E-state index contributed by atoms with van der Waals surface area (Å²) in [5, 5.41) is 13.8. The smallest absolute Gasteiger partial charge is 0.335 e. The van der Waals surface area contributed by atoms with Crippen molar-refractivity contribution < 1.29 is 23.1 Å². The molecular formula is C49H69N3O5S. The third-order valence-corrected chi connectivity index (χ3v) is 19.9. The van der Waals surface area contributed by atoms with Crippen LogP contribution >= 0.6 is 0 Å². The van der Waals surface area contributed by atoms with Gasteiger partial charge in [-0.1, -0.05) is 65.0 Å². The number of allylic oxidation sites excluding steroid dienone is 3. The number of carboxylic acids is 1. The molecule has 8 rings (SSSR count). The molecule has 2 aromatic rings. The number of ether oxygens (including phenoxy) is 1. The van der Waals surface area contributed by atoms with E-state index in [1.807, 2.05) is 12.1 Å². The topological polar surface area (TPSA) is 99.2 Å². The largest absolute Gasteiger partial charge is 0.497 e. The second-order valence-electron chi connectivity index (χ2n) is 20.6. The molecule has 6 aliphatic rings. The zero-order valence-electron chi connectivity index (χ0n) is 36.3. The maximum Gasteiger partial charge on any atom is 0.335 e. The standard InChI is InChI=1S/C49H69N3O5S/c1-33(2)38-19-24-49(50-27-28-51-29-31-52(32-30-51)58(55,56)37-15-13-36(57-8)14-16-37)26-25-47(6)40(43(38)49)17-18-42-46(5)22-20-39(34-9-11-35(12-10-34)44(53)54)45(3,4)41(46)21-23-48(42,47)7/h9-16,20,38,40-43,50H,1,17-19,21-32H2,2-8H3,(H,53,54)/t38-,40+,41-,42+,43+,46-,47+,48+,49-/m0/s1. The van der Waals surface area contributed by atoms with Crippen LogP contribution < -0.4 is 10.1 Å². The van der Waals surface area contributed by atoms with Crippen LogP contribution in [-0.2, 0) is 10.0 Å². The van der Waals surface area contributed by atoms with Crippen LogP contribution in [0.1, 0.15) is 115 Å². The molecule has 316 valence electrons. The number of fused-ring (bicyclic) bond motifs is 7. The van der Waals surface area contributed by atoms with Gasteiger partial charge in [-0.25, -0.2) is 13.2 Å². The van der Waals surface area contributed by atoms with Crippen LogP contribution in [0.2, 0.25) is 0 Å². The average molecular weight is 812 g/mol. The molecule has 4 saturated carbocycles.